The number of nitrogens with one attached hydrogen (secondary N) is 1. The minimum absolute atomic E-state index is 0.164. The first-order chi connectivity index (χ1) is 15.7. The number of aromatic nitrogens is 4. The van der Waals surface area contributed by atoms with Crippen molar-refractivity contribution in [3.63, 3.8) is 0 Å². The number of pyridine rings is 1. The number of carbonyl (C=O) groups is 1. The number of amides is 1. The van der Waals surface area contributed by atoms with E-state index in [1.54, 1.807) is 11.2 Å². The molecule has 7 nitrogen and oxygen atoms in total. The normalized spacial score (nSPS) is 15.0. The molecule has 1 fully saturated rings. The molecule has 0 aliphatic carbocycles. The molecule has 172 valence electrons. The Kier molecular flexibility index (Phi) is 5.24. The fourth-order valence-electron chi connectivity index (χ4n) is 5.00. The second kappa shape index (κ2) is 7.99. The van der Waals surface area contributed by atoms with Gasteiger partial charge in [0, 0.05) is 55.8 Å². The molecule has 1 amide bonds. The molecule has 5 rings (SSSR count). The SMILES string of the molecule is Cc1c(-c2[nH]c3ccc(C4CN(CC(=O)N(C)C)C4)cc3c2C(C)C)cn2cnnc2c1C. The highest BCUT2D eigenvalue weighted by molar-refractivity contribution is 5.93. The molecule has 1 aliphatic rings. The maximum absolute atomic E-state index is 12.0. The lowest BCUT2D eigenvalue weighted by Gasteiger charge is -2.39. The van der Waals surface area contributed by atoms with Gasteiger partial charge in [-0.05, 0) is 54.2 Å². The number of hydrogen-bond donors (Lipinski definition) is 1. The minimum atomic E-state index is 0.164. The summed E-state index contributed by atoms with van der Waals surface area (Å²) in [6.45, 7) is 11.2. The van der Waals surface area contributed by atoms with E-state index >= 15 is 0 Å². The number of benzene rings is 1. The molecule has 0 saturated carbocycles. The van der Waals surface area contributed by atoms with Crippen LogP contribution in [0.15, 0.2) is 30.7 Å². The highest BCUT2D eigenvalue weighted by atomic mass is 16.2. The van der Waals surface area contributed by atoms with E-state index in [1.807, 2.05) is 18.5 Å². The van der Waals surface area contributed by atoms with E-state index < -0.39 is 0 Å². The predicted octanol–water partition coefficient (Wildman–Crippen LogP) is 4.11. The Morgan fingerprint density at radius 3 is 2.67 bits per heavy atom. The molecule has 4 heterocycles. The smallest absolute Gasteiger partial charge is 0.236 e. The Labute approximate surface area is 194 Å². The van der Waals surface area contributed by atoms with Gasteiger partial charge in [0.05, 0.1) is 12.2 Å². The van der Waals surface area contributed by atoms with Crippen molar-refractivity contribution in [1.82, 2.24) is 29.4 Å². The van der Waals surface area contributed by atoms with Gasteiger partial charge >= 0.3 is 0 Å². The summed E-state index contributed by atoms with van der Waals surface area (Å²) in [6.07, 6.45) is 3.91. The van der Waals surface area contributed by atoms with E-state index in [9.17, 15) is 4.79 Å². The van der Waals surface area contributed by atoms with E-state index in [1.165, 1.54) is 33.3 Å². The second-order valence-electron chi connectivity index (χ2n) is 9.91. The minimum Gasteiger partial charge on any atom is -0.354 e. The van der Waals surface area contributed by atoms with Crippen LogP contribution in [0.2, 0.25) is 0 Å². The summed E-state index contributed by atoms with van der Waals surface area (Å²) < 4.78 is 2.01. The third-order valence-corrected chi connectivity index (χ3v) is 7.14. The van der Waals surface area contributed by atoms with E-state index in [2.05, 4.69) is 72.2 Å². The third-order valence-electron chi connectivity index (χ3n) is 7.14. The largest absolute Gasteiger partial charge is 0.354 e. The van der Waals surface area contributed by atoms with E-state index in [0.717, 1.165) is 29.8 Å². The zero-order chi connectivity index (χ0) is 23.4. The Bertz CT molecular complexity index is 1360. The van der Waals surface area contributed by atoms with Gasteiger partial charge in [-0.15, -0.1) is 10.2 Å². The maximum atomic E-state index is 12.0. The fraction of sp³-hybridized carbons (Fsp3) is 0.423. The van der Waals surface area contributed by atoms with Gasteiger partial charge in [-0.2, -0.15) is 0 Å². The van der Waals surface area contributed by atoms with Gasteiger partial charge in [-0.3, -0.25) is 14.1 Å². The van der Waals surface area contributed by atoms with Gasteiger partial charge in [0.25, 0.3) is 0 Å². The van der Waals surface area contributed by atoms with Crippen LogP contribution in [-0.2, 0) is 4.79 Å². The predicted molar refractivity (Wildman–Crippen MR) is 132 cm³/mol. The highest BCUT2D eigenvalue weighted by Crippen LogP contribution is 2.39. The van der Waals surface area contributed by atoms with Gasteiger partial charge < -0.3 is 9.88 Å². The van der Waals surface area contributed by atoms with Crippen molar-refractivity contribution in [2.45, 2.75) is 39.5 Å². The molecule has 1 aliphatic heterocycles. The number of H-pyrrole nitrogens is 1. The lowest BCUT2D eigenvalue weighted by atomic mass is 9.88. The molecular weight excluding hydrogens is 412 g/mol. The summed E-state index contributed by atoms with van der Waals surface area (Å²) in [4.78, 5) is 19.6. The number of hydrogen-bond acceptors (Lipinski definition) is 4. The van der Waals surface area contributed by atoms with Crippen LogP contribution in [-0.4, -0.2) is 69.0 Å². The first kappa shape index (κ1) is 21.6. The number of aryl methyl sites for hydroxylation is 1. The van der Waals surface area contributed by atoms with Gasteiger partial charge in [-0.25, -0.2) is 0 Å². The summed E-state index contributed by atoms with van der Waals surface area (Å²) in [6, 6.07) is 6.82. The van der Waals surface area contributed by atoms with Crippen LogP contribution < -0.4 is 0 Å². The first-order valence-electron chi connectivity index (χ1n) is 11.6. The second-order valence-corrected chi connectivity index (χ2v) is 9.91. The molecule has 1 saturated heterocycles. The van der Waals surface area contributed by atoms with Crippen molar-refractivity contribution in [3.8, 4) is 11.3 Å². The lowest BCUT2D eigenvalue weighted by molar-refractivity contribution is -0.131. The molecular formula is C26H32N6O. The van der Waals surface area contributed by atoms with Crippen LogP contribution in [0.25, 0.3) is 27.8 Å². The molecule has 0 radical (unpaired) electrons. The van der Waals surface area contributed by atoms with Crippen LogP contribution >= 0.6 is 0 Å². The Balaban J connectivity index is 1.52. The number of aromatic amines is 1. The van der Waals surface area contributed by atoms with Crippen LogP contribution in [0, 0.1) is 13.8 Å². The molecule has 1 aromatic carbocycles. The summed E-state index contributed by atoms with van der Waals surface area (Å²) >= 11 is 0. The van der Waals surface area contributed by atoms with Crippen molar-refractivity contribution in [2.75, 3.05) is 33.7 Å². The first-order valence-corrected chi connectivity index (χ1v) is 11.6. The van der Waals surface area contributed by atoms with Gasteiger partial charge in [0.15, 0.2) is 5.65 Å². The molecule has 7 heteroatoms. The number of fused-ring (bicyclic) bond motifs is 2. The molecule has 33 heavy (non-hydrogen) atoms. The standard InChI is InChI=1S/C26H32N6O/c1-15(2)24-20-9-18(19-10-31(11-19)13-23(33)30(5)6)7-8-22(20)28-25(24)21-12-32-14-27-29-26(32)17(4)16(21)3/h7-9,12,14-15,19,28H,10-11,13H2,1-6H3. The van der Waals surface area contributed by atoms with E-state index in [4.69, 9.17) is 0 Å². The molecule has 0 spiro atoms. The molecule has 3 aromatic heterocycles. The van der Waals surface area contributed by atoms with E-state index in [-0.39, 0.29) is 5.91 Å². The van der Waals surface area contributed by atoms with Gasteiger partial charge in [0.2, 0.25) is 5.91 Å². The van der Waals surface area contributed by atoms with Crippen LogP contribution in [0.4, 0.5) is 0 Å². The number of likely N-dealkylation sites (N-methyl/N-ethyl adjacent to an activating group) is 1. The monoisotopic (exact) mass is 444 g/mol. The molecule has 0 unspecified atom stereocenters. The van der Waals surface area contributed by atoms with Gasteiger partial charge in [0.1, 0.15) is 6.33 Å². The lowest BCUT2D eigenvalue weighted by Crippen LogP contribution is -2.49. The number of likely N-dealkylation sites (tertiary alicyclic amines) is 1. The average Bonchev–Trinajstić information content (AvgIpc) is 3.36. The van der Waals surface area contributed by atoms with Crippen molar-refractivity contribution in [1.29, 1.82) is 0 Å². The zero-order valence-electron chi connectivity index (χ0n) is 20.3. The Morgan fingerprint density at radius 1 is 1.21 bits per heavy atom. The topological polar surface area (TPSA) is 69.5 Å². The van der Waals surface area contributed by atoms with Crippen molar-refractivity contribution in [2.24, 2.45) is 0 Å². The quantitative estimate of drug-likeness (QED) is 0.503. The van der Waals surface area contributed by atoms with Crippen molar-refractivity contribution < 1.29 is 4.79 Å². The number of rotatable bonds is 5. The summed E-state index contributed by atoms with van der Waals surface area (Å²) in [5.74, 6) is 1.01. The van der Waals surface area contributed by atoms with Crippen LogP contribution in [0.5, 0.6) is 0 Å². The average molecular weight is 445 g/mol. The van der Waals surface area contributed by atoms with Crippen LogP contribution in [0.3, 0.4) is 0 Å². The summed E-state index contributed by atoms with van der Waals surface area (Å²) in [7, 11) is 3.63. The van der Waals surface area contributed by atoms with E-state index in [0.29, 0.717) is 18.4 Å². The summed E-state index contributed by atoms with van der Waals surface area (Å²) in [5.41, 5.74) is 9.52. The maximum Gasteiger partial charge on any atom is 0.236 e. The fourth-order valence-corrected chi connectivity index (χ4v) is 5.00. The Morgan fingerprint density at radius 2 is 1.97 bits per heavy atom. The van der Waals surface area contributed by atoms with Crippen molar-refractivity contribution in [3.05, 3.63) is 53.0 Å². The Hall–Kier alpha value is -3.19. The van der Waals surface area contributed by atoms with Crippen LogP contribution in [0.1, 0.15) is 47.9 Å². The molecule has 0 bridgehead atoms. The number of nitrogens with zero attached hydrogens (tertiary/aromatic N) is 5. The molecule has 4 aromatic rings. The summed E-state index contributed by atoms with van der Waals surface area (Å²) in [5, 5.41) is 9.66. The molecule has 1 N–H and O–H groups in total. The highest BCUT2D eigenvalue weighted by Gasteiger charge is 2.30. The third kappa shape index (κ3) is 3.60. The van der Waals surface area contributed by atoms with Gasteiger partial charge in [-0.1, -0.05) is 19.9 Å². The number of carbonyl (C=O) groups excluding carboxylic acids is 1. The molecule has 0 atom stereocenters. The van der Waals surface area contributed by atoms with Crippen molar-refractivity contribution >= 4 is 22.5 Å². The zero-order valence-corrected chi connectivity index (χ0v) is 20.3.